The number of carbonyl (C=O) groups excluding carboxylic acids is 1. The molecular formula is C23H24ClN5O3S. The van der Waals surface area contributed by atoms with E-state index in [1.165, 1.54) is 11.2 Å². The van der Waals surface area contributed by atoms with Crippen LogP contribution in [0, 0.1) is 0 Å². The number of nitrogen functional groups attached to an aromatic ring is 1. The van der Waals surface area contributed by atoms with Gasteiger partial charge in [-0.25, -0.2) is 23.4 Å². The van der Waals surface area contributed by atoms with E-state index < -0.39 is 9.84 Å². The minimum absolute atomic E-state index is 0.0232. The van der Waals surface area contributed by atoms with Crippen LogP contribution in [0.4, 0.5) is 5.82 Å². The van der Waals surface area contributed by atoms with E-state index in [1.807, 2.05) is 13.0 Å². The monoisotopic (exact) mass is 485 g/mol. The molecular weight excluding hydrogens is 462 g/mol. The molecule has 0 bridgehead atoms. The summed E-state index contributed by atoms with van der Waals surface area (Å²) < 4.78 is 23.6. The van der Waals surface area contributed by atoms with Crippen molar-refractivity contribution in [2.45, 2.75) is 25.8 Å². The van der Waals surface area contributed by atoms with Crippen molar-refractivity contribution in [2.24, 2.45) is 0 Å². The average molecular weight is 486 g/mol. The van der Waals surface area contributed by atoms with Crippen molar-refractivity contribution >= 4 is 33.2 Å². The number of hydrogen-bond acceptors (Lipinski definition) is 7. The molecule has 8 nitrogen and oxygen atoms in total. The molecule has 0 spiro atoms. The van der Waals surface area contributed by atoms with E-state index in [0.29, 0.717) is 29.9 Å². The molecule has 1 unspecified atom stereocenters. The Balaban J connectivity index is 1.70. The smallest absolute Gasteiger partial charge is 0.255 e. The second-order valence-electron chi connectivity index (χ2n) is 8.04. The first kappa shape index (κ1) is 23.1. The van der Waals surface area contributed by atoms with Gasteiger partial charge in [0.1, 0.15) is 12.1 Å². The highest BCUT2D eigenvalue weighted by atomic mass is 35.5. The van der Waals surface area contributed by atoms with Crippen LogP contribution in [0.25, 0.3) is 22.4 Å². The normalized spacial score (nSPS) is 17.1. The molecule has 3 aromatic rings. The highest BCUT2D eigenvalue weighted by Crippen LogP contribution is 2.35. The van der Waals surface area contributed by atoms with Crippen LogP contribution in [-0.2, 0) is 16.3 Å². The first-order valence-electron chi connectivity index (χ1n) is 10.5. The average Bonchev–Trinajstić information content (AvgIpc) is 3.17. The molecule has 1 amide bonds. The van der Waals surface area contributed by atoms with E-state index >= 15 is 0 Å². The number of nitrogens with two attached hydrogens (primary N) is 1. The maximum Gasteiger partial charge on any atom is 0.255 e. The van der Waals surface area contributed by atoms with Gasteiger partial charge in [-0.3, -0.25) is 4.79 Å². The van der Waals surface area contributed by atoms with Gasteiger partial charge in [0.25, 0.3) is 5.91 Å². The van der Waals surface area contributed by atoms with Gasteiger partial charge in [-0.15, -0.1) is 0 Å². The van der Waals surface area contributed by atoms with Crippen LogP contribution in [0.1, 0.15) is 29.4 Å². The van der Waals surface area contributed by atoms with Crippen molar-refractivity contribution in [3.05, 3.63) is 59.1 Å². The topological polar surface area (TPSA) is 119 Å². The highest BCUT2D eigenvalue weighted by molar-refractivity contribution is 7.91. The summed E-state index contributed by atoms with van der Waals surface area (Å²) in [5.41, 5.74) is 9.97. The van der Waals surface area contributed by atoms with Gasteiger partial charge >= 0.3 is 0 Å². The number of aromatic nitrogens is 3. The fourth-order valence-corrected chi connectivity index (χ4v) is 6.07. The van der Waals surface area contributed by atoms with Gasteiger partial charge in [0.15, 0.2) is 9.84 Å². The predicted molar refractivity (Wildman–Crippen MR) is 129 cm³/mol. The lowest BCUT2D eigenvalue weighted by Gasteiger charge is -2.24. The van der Waals surface area contributed by atoms with Gasteiger partial charge in [0.05, 0.1) is 33.5 Å². The number of anilines is 1. The molecule has 0 aliphatic carbocycles. The zero-order chi connectivity index (χ0) is 23.8. The van der Waals surface area contributed by atoms with Crippen LogP contribution >= 0.6 is 11.6 Å². The van der Waals surface area contributed by atoms with Crippen LogP contribution in [0.5, 0.6) is 0 Å². The summed E-state index contributed by atoms with van der Waals surface area (Å²) in [6.07, 6.45) is 4.30. The van der Waals surface area contributed by atoms with Gasteiger partial charge in [0, 0.05) is 36.0 Å². The molecule has 1 fully saturated rings. The third-order valence-corrected chi connectivity index (χ3v) is 7.95. The van der Waals surface area contributed by atoms with Crippen LogP contribution < -0.4 is 5.73 Å². The first-order chi connectivity index (χ1) is 15.7. The van der Waals surface area contributed by atoms with E-state index in [2.05, 4.69) is 15.0 Å². The summed E-state index contributed by atoms with van der Waals surface area (Å²) in [4.78, 5) is 27.6. The Morgan fingerprint density at radius 3 is 2.55 bits per heavy atom. The summed E-state index contributed by atoms with van der Waals surface area (Å²) in [6, 6.07) is 8.38. The van der Waals surface area contributed by atoms with E-state index in [4.69, 9.17) is 17.3 Å². The molecule has 4 rings (SSSR count). The standard InChI is InChI=1S/C23H24ClN5O3S/c1-3-19-21(15-5-7-20(25)26-11-15)22(28-13-27-19)14-4-6-17(18(24)10-14)23(30)29(2)16-8-9-33(31,32)12-16/h4-7,10-11,13,16H,3,8-9,12H2,1-2H3,(H2,25,26). The van der Waals surface area contributed by atoms with Crippen molar-refractivity contribution in [1.29, 1.82) is 0 Å². The molecule has 1 atom stereocenters. The number of pyridine rings is 1. The fraction of sp³-hybridized carbons (Fsp3) is 0.304. The van der Waals surface area contributed by atoms with Crippen molar-refractivity contribution in [3.8, 4) is 22.4 Å². The maximum absolute atomic E-state index is 13.0. The number of hydrogen-bond donors (Lipinski definition) is 1. The Morgan fingerprint density at radius 2 is 1.94 bits per heavy atom. The minimum atomic E-state index is -3.10. The Morgan fingerprint density at radius 1 is 1.18 bits per heavy atom. The summed E-state index contributed by atoms with van der Waals surface area (Å²) >= 11 is 6.54. The number of aryl methyl sites for hydroxylation is 1. The predicted octanol–water partition coefficient (Wildman–Crippen LogP) is 3.26. The Bertz CT molecular complexity index is 1310. The lowest BCUT2D eigenvalue weighted by molar-refractivity contribution is 0.0748. The van der Waals surface area contributed by atoms with Crippen molar-refractivity contribution in [2.75, 3.05) is 24.3 Å². The molecule has 2 aromatic heterocycles. The molecule has 33 heavy (non-hydrogen) atoms. The van der Waals surface area contributed by atoms with E-state index in [9.17, 15) is 13.2 Å². The molecule has 1 aliphatic heterocycles. The number of sulfone groups is 1. The summed E-state index contributed by atoms with van der Waals surface area (Å²) in [5, 5.41) is 0.267. The summed E-state index contributed by atoms with van der Waals surface area (Å²) in [7, 11) is -1.49. The number of rotatable bonds is 5. The van der Waals surface area contributed by atoms with E-state index in [1.54, 1.807) is 37.5 Å². The summed E-state index contributed by atoms with van der Waals surface area (Å²) in [5.74, 6) is 0.178. The van der Waals surface area contributed by atoms with Crippen LogP contribution in [0.15, 0.2) is 42.9 Å². The SMILES string of the molecule is CCc1ncnc(-c2ccc(C(=O)N(C)C3CCS(=O)(=O)C3)c(Cl)c2)c1-c1ccc(N)nc1. The maximum atomic E-state index is 13.0. The molecule has 0 radical (unpaired) electrons. The van der Waals surface area contributed by atoms with Crippen LogP contribution in [0.3, 0.4) is 0 Å². The Kier molecular flexibility index (Phi) is 6.36. The van der Waals surface area contributed by atoms with Crippen molar-refractivity contribution in [1.82, 2.24) is 19.9 Å². The molecule has 3 heterocycles. The lowest BCUT2D eigenvalue weighted by atomic mass is 9.97. The van der Waals surface area contributed by atoms with Gasteiger partial charge in [-0.1, -0.05) is 24.6 Å². The fourth-order valence-electron chi connectivity index (χ4n) is 4.04. The molecule has 0 saturated carbocycles. The van der Waals surface area contributed by atoms with E-state index in [0.717, 1.165) is 22.4 Å². The van der Waals surface area contributed by atoms with Gasteiger partial charge in [-0.2, -0.15) is 0 Å². The largest absolute Gasteiger partial charge is 0.384 e. The molecule has 2 N–H and O–H groups in total. The van der Waals surface area contributed by atoms with Gasteiger partial charge in [0.2, 0.25) is 0 Å². The second-order valence-corrected chi connectivity index (χ2v) is 10.7. The second kappa shape index (κ2) is 9.07. The number of carbonyl (C=O) groups is 1. The van der Waals surface area contributed by atoms with Crippen LogP contribution in [0.2, 0.25) is 5.02 Å². The molecule has 1 aromatic carbocycles. The summed E-state index contributed by atoms with van der Waals surface area (Å²) in [6.45, 7) is 2.01. The Hall–Kier alpha value is -3.04. The molecule has 10 heteroatoms. The number of nitrogens with zero attached hydrogens (tertiary/aromatic N) is 4. The van der Waals surface area contributed by atoms with Crippen molar-refractivity contribution in [3.63, 3.8) is 0 Å². The lowest BCUT2D eigenvalue weighted by Crippen LogP contribution is -2.37. The van der Waals surface area contributed by atoms with Crippen molar-refractivity contribution < 1.29 is 13.2 Å². The third-order valence-electron chi connectivity index (χ3n) is 5.89. The number of amides is 1. The van der Waals surface area contributed by atoms with Gasteiger partial charge in [-0.05, 0) is 37.1 Å². The Labute approximate surface area is 197 Å². The minimum Gasteiger partial charge on any atom is -0.384 e. The zero-order valence-corrected chi connectivity index (χ0v) is 19.9. The first-order valence-corrected chi connectivity index (χ1v) is 12.7. The van der Waals surface area contributed by atoms with Gasteiger partial charge < -0.3 is 10.6 Å². The van der Waals surface area contributed by atoms with Crippen LogP contribution in [-0.4, -0.2) is 58.8 Å². The zero-order valence-electron chi connectivity index (χ0n) is 18.3. The highest BCUT2D eigenvalue weighted by Gasteiger charge is 2.33. The molecule has 1 saturated heterocycles. The number of benzene rings is 1. The number of halogens is 1. The quantitative estimate of drug-likeness (QED) is 0.588. The third kappa shape index (κ3) is 4.69. The molecule has 172 valence electrons. The van der Waals surface area contributed by atoms with E-state index in [-0.39, 0.29) is 28.5 Å². The molecule has 1 aliphatic rings.